The number of quaternary nitrogens is 1. The van der Waals surface area contributed by atoms with Gasteiger partial charge in [-0.05, 0) is 38.1 Å². The highest BCUT2D eigenvalue weighted by molar-refractivity contribution is 5.77. The molecule has 1 atom stereocenters. The van der Waals surface area contributed by atoms with Crippen molar-refractivity contribution in [2.45, 2.75) is 19.9 Å². The van der Waals surface area contributed by atoms with Crippen LogP contribution < -0.4 is 19.7 Å². The van der Waals surface area contributed by atoms with Gasteiger partial charge in [-0.2, -0.15) is 0 Å². The topological polar surface area (TPSA) is 52.0 Å². The fourth-order valence-electron chi connectivity index (χ4n) is 1.75. The normalized spacial score (nSPS) is 12.1. The van der Waals surface area contributed by atoms with Crippen molar-refractivity contribution in [2.75, 3.05) is 33.9 Å². The van der Waals surface area contributed by atoms with Crippen LogP contribution in [0.3, 0.4) is 0 Å². The van der Waals surface area contributed by atoms with Gasteiger partial charge in [-0.15, -0.1) is 0 Å². The first-order chi connectivity index (χ1) is 9.51. The number of hydrogen-bond acceptors (Lipinski definition) is 3. The molecule has 0 aliphatic heterocycles. The van der Waals surface area contributed by atoms with Gasteiger partial charge >= 0.3 is 0 Å². The minimum Gasteiger partial charge on any atom is -0.497 e. The average molecular weight is 281 g/mol. The molecule has 1 aromatic carbocycles. The Bertz CT molecular complexity index is 404. The van der Waals surface area contributed by atoms with E-state index in [2.05, 4.69) is 5.32 Å². The van der Waals surface area contributed by atoms with Crippen LogP contribution in [-0.2, 0) is 4.79 Å². The molecule has 112 valence electrons. The lowest BCUT2D eigenvalue weighted by molar-refractivity contribution is -0.871. The van der Waals surface area contributed by atoms with E-state index < -0.39 is 0 Å². The van der Waals surface area contributed by atoms with E-state index in [1.165, 1.54) is 0 Å². The summed E-state index contributed by atoms with van der Waals surface area (Å²) in [4.78, 5) is 12.7. The summed E-state index contributed by atoms with van der Waals surface area (Å²) in [5.74, 6) is 1.69. The first-order valence-corrected chi connectivity index (χ1v) is 6.88. The molecule has 0 saturated heterocycles. The Hall–Kier alpha value is -1.75. The van der Waals surface area contributed by atoms with Gasteiger partial charge in [0.2, 0.25) is 0 Å². The highest BCUT2D eigenvalue weighted by Gasteiger charge is 2.10. The molecule has 2 N–H and O–H groups in total. The monoisotopic (exact) mass is 281 g/mol. The van der Waals surface area contributed by atoms with E-state index in [4.69, 9.17) is 9.47 Å². The summed E-state index contributed by atoms with van der Waals surface area (Å²) < 4.78 is 10.7. The van der Waals surface area contributed by atoms with E-state index in [1.807, 2.05) is 45.2 Å². The first kappa shape index (κ1) is 16.3. The predicted octanol–water partition coefficient (Wildman–Crippen LogP) is 0.113. The van der Waals surface area contributed by atoms with Crippen LogP contribution in [-0.4, -0.2) is 45.8 Å². The molecule has 5 nitrogen and oxygen atoms in total. The third-order valence-corrected chi connectivity index (χ3v) is 2.77. The minimum absolute atomic E-state index is 0.0712. The van der Waals surface area contributed by atoms with E-state index in [-0.39, 0.29) is 11.9 Å². The lowest BCUT2D eigenvalue weighted by Crippen LogP contribution is -3.10. The number of benzene rings is 1. The van der Waals surface area contributed by atoms with Gasteiger partial charge in [-0.3, -0.25) is 4.79 Å². The summed E-state index contributed by atoms with van der Waals surface area (Å²) in [6, 6.07) is 7.66. The third kappa shape index (κ3) is 6.43. The van der Waals surface area contributed by atoms with Crippen molar-refractivity contribution in [3.05, 3.63) is 24.3 Å². The molecule has 1 aromatic rings. The minimum atomic E-state index is 0.0712. The second-order valence-corrected chi connectivity index (χ2v) is 5.13. The van der Waals surface area contributed by atoms with E-state index in [1.54, 1.807) is 7.11 Å². The zero-order valence-electron chi connectivity index (χ0n) is 12.7. The maximum Gasteiger partial charge on any atom is 0.275 e. The number of carbonyl (C=O) groups excluding carboxylic acids is 1. The van der Waals surface area contributed by atoms with Gasteiger partial charge < -0.3 is 19.7 Å². The number of hydrogen-bond donors (Lipinski definition) is 2. The molecule has 0 aromatic heterocycles. The van der Waals surface area contributed by atoms with E-state index >= 15 is 0 Å². The second kappa shape index (κ2) is 8.43. The molecule has 0 heterocycles. The molecule has 20 heavy (non-hydrogen) atoms. The van der Waals surface area contributed by atoms with Gasteiger partial charge in [0, 0.05) is 6.04 Å². The molecular weight excluding hydrogens is 256 g/mol. The molecule has 0 radical (unpaired) electrons. The zero-order valence-corrected chi connectivity index (χ0v) is 12.7. The van der Waals surface area contributed by atoms with Crippen LogP contribution in [0.15, 0.2) is 24.3 Å². The van der Waals surface area contributed by atoms with Gasteiger partial charge in [0.1, 0.15) is 24.7 Å². The maximum absolute atomic E-state index is 11.6. The first-order valence-electron chi connectivity index (χ1n) is 6.88. The summed E-state index contributed by atoms with van der Waals surface area (Å²) >= 11 is 0. The number of rotatable bonds is 8. The fourth-order valence-corrected chi connectivity index (χ4v) is 1.75. The van der Waals surface area contributed by atoms with Gasteiger partial charge in [0.15, 0.2) is 6.54 Å². The number of methoxy groups -OCH3 is 1. The van der Waals surface area contributed by atoms with E-state index in [0.29, 0.717) is 13.2 Å². The molecule has 1 rings (SSSR count). The van der Waals surface area contributed by atoms with Crippen molar-refractivity contribution >= 4 is 5.91 Å². The van der Waals surface area contributed by atoms with Gasteiger partial charge in [0.05, 0.1) is 14.2 Å². The lowest BCUT2D eigenvalue weighted by Gasteiger charge is -2.15. The van der Waals surface area contributed by atoms with Crippen molar-refractivity contribution < 1.29 is 19.2 Å². The van der Waals surface area contributed by atoms with Crippen LogP contribution in [0.4, 0.5) is 0 Å². The van der Waals surface area contributed by atoms with Crippen LogP contribution in [0.25, 0.3) is 0 Å². The van der Waals surface area contributed by atoms with Crippen LogP contribution in [0, 0.1) is 0 Å². The summed E-state index contributed by atoms with van der Waals surface area (Å²) in [7, 11) is 3.62. The van der Waals surface area contributed by atoms with E-state index in [0.717, 1.165) is 22.9 Å². The molecular formula is C15H25N2O3+. The van der Waals surface area contributed by atoms with Crippen molar-refractivity contribution in [3.8, 4) is 11.5 Å². The molecule has 1 unspecified atom stereocenters. The molecule has 0 saturated carbocycles. The Morgan fingerprint density at radius 2 is 1.85 bits per heavy atom. The Morgan fingerprint density at radius 1 is 1.25 bits per heavy atom. The summed E-state index contributed by atoms with van der Waals surface area (Å²) in [5, 5.41) is 2.88. The van der Waals surface area contributed by atoms with Crippen molar-refractivity contribution in [2.24, 2.45) is 0 Å². The van der Waals surface area contributed by atoms with Crippen LogP contribution in [0.1, 0.15) is 13.8 Å². The molecule has 5 heteroatoms. The summed E-state index contributed by atoms with van der Waals surface area (Å²) in [6.07, 6.45) is 0. The maximum atomic E-state index is 11.6. The second-order valence-electron chi connectivity index (χ2n) is 5.13. The highest BCUT2D eigenvalue weighted by atomic mass is 16.5. The third-order valence-electron chi connectivity index (χ3n) is 2.77. The van der Waals surface area contributed by atoms with Crippen LogP contribution >= 0.6 is 0 Å². The molecule has 0 aliphatic carbocycles. The zero-order chi connectivity index (χ0) is 15.0. The Morgan fingerprint density at radius 3 is 2.40 bits per heavy atom. The molecule has 0 aliphatic rings. The Kier molecular flexibility index (Phi) is 6.87. The number of amides is 1. The Balaban J connectivity index is 2.23. The SMILES string of the molecule is COc1ccc(OCC[NH+](C)CC(=O)NC(C)C)cc1. The predicted molar refractivity (Wildman–Crippen MR) is 78.4 cm³/mol. The van der Waals surface area contributed by atoms with Gasteiger partial charge in [0.25, 0.3) is 5.91 Å². The average Bonchev–Trinajstić information content (AvgIpc) is 2.38. The van der Waals surface area contributed by atoms with Gasteiger partial charge in [-0.25, -0.2) is 0 Å². The summed E-state index contributed by atoms with van der Waals surface area (Å²) in [6.45, 7) is 5.73. The Labute approximate surface area is 120 Å². The quantitative estimate of drug-likeness (QED) is 0.711. The van der Waals surface area contributed by atoms with Crippen LogP contribution in [0.5, 0.6) is 11.5 Å². The molecule has 1 amide bonds. The smallest absolute Gasteiger partial charge is 0.275 e. The number of ether oxygens (including phenoxy) is 2. The highest BCUT2D eigenvalue weighted by Crippen LogP contribution is 2.16. The van der Waals surface area contributed by atoms with Crippen molar-refractivity contribution in [1.29, 1.82) is 0 Å². The van der Waals surface area contributed by atoms with E-state index in [9.17, 15) is 4.79 Å². The molecule has 0 fully saturated rings. The lowest BCUT2D eigenvalue weighted by atomic mass is 10.3. The molecule has 0 spiro atoms. The van der Waals surface area contributed by atoms with Crippen molar-refractivity contribution in [1.82, 2.24) is 5.32 Å². The number of likely N-dealkylation sites (N-methyl/N-ethyl adjacent to an activating group) is 1. The fraction of sp³-hybridized carbons (Fsp3) is 0.533. The molecule has 0 bridgehead atoms. The number of carbonyl (C=O) groups is 1. The summed E-state index contributed by atoms with van der Waals surface area (Å²) in [5.41, 5.74) is 0. The van der Waals surface area contributed by atoms with Crippen LogP contribution in [0.2, 0.25) is 0 Å². The largest absolute Gasteiger partial charge is 0.497 e. The van der Waals surface area contributed by atoms with Gasteiger partial charge in [-0.1, -0.05) is 0 Å². The standard InChI is InChI=1S/C15H24N2O3/c1-12(2)16-15(18)11-17(3)9-10-20-14-7-5-13(19-4)6-8-14/h5-8,12H,9-11H2,1-4H3,(H,16,18)/p+1. The van der Waals surface area contributed by atoms with Crippen molar-refractivity contribution in [3.63, 3.8) is 0 Å². The number of nitrogens with one attached hydrogen (secondary N) is 2.